The molecule has 0 bridgehead atoms. The summed E-state index contributed by atoms with van der Waals surface area (Å²) in [6, 6.07) is 8.46. The smallest absolute Gasteiger partial charge is 0.166 e. The Bertz CT molecular complexity index is 664. The zero-order chi connectivity index (χ0) is 16.8. The standard InChI is InChI=1S/C17H23BrN4S/c1-12-5-7-15(8-6-12)11-20-17(23)19-9-4-10-22-14(3)16(18)13(2)21-22/h5-8H,4,9-11H2,1-3H3,(H2,19,20,23). The molecule has 0 unspecified atom stereocenters. The van der Waals surface area contributed by atoms with Gasteiger partial charge in [0.15, 0.2) is 5.11 Å². The van der Waals surface area contributed by atoms with E-state index in [1.54, 1.807) is 0 Å². The quantitative estimate of drug-likeness (QED) is 0.579. The van der Waals surface area contributed by atoms with Crippen LogP contribution in [0.1, 0.15) is 28.9 Å². The minimum absolute atomic E-state index is 0.695. The van der Waals surface area contributed by atoms with E-state index in [0.717, 1.165) is 36.2 Å². The van der Waals surface area contributed by atoms with E-state index in [-0.39, 0.29) is 0 Å². The molecular formula is C17H23BrN4S. The van der Waals surface area contributed by atoms with E-state index >= 15 is 0 Å². The zero-order valence-electron chi connectivity index (χ0n) is 13.8. The second kappa shape index (κ2) is 8.45. The summed E-state index contributed by atoms with van der Waals surface area (Å²) >= 11 is 8.86. The van der Waals surface area contributed by atoms with Crippen LogP contribution in [0.4, 0.5) is 0 Å². The van der Waals surface area contributed by atoms with Crippen molar-refractivity contribution in [2.24, 2.45) is 0 Å². The summed E-state index contributed by atoms with van der Waals surface area (Å²) in [7, 11) is 0. The van der Waals surface area contributed by atoms with Gasteiger partial charge >= 0.3 is 0 Å². The van der Waals surface area contributed by atoms with Crippen molar-refractivity contribution in [1.29, 1.82) is 0 Å². The highest BCUT2D eigenvalue weighted by molar-refractivity contribution is 9.10. The van der Waals surface area contributed by atoms with E-state index in [1.165, 1.54) is 16.8 Å². The van der Waals surface area contributed by atoms with Crippen LogP contribution in [0, 0.1) is 20.8 Å². The van der Waals surface area contributed by atoms with Crippen molar-refractivity contribution in [3.63, 3.8) is 0 Å². The first-order valence-corrected chi connectivity index (χ1v) is 8.94. The minimum atomic E-state index is 0.695. The Balaban J connectivity index is 1.66. The number of aryl methyl sites for hydroxylation is 3. The Morgan fingerprint density at radius 2 is 1.87 bits per heavy atom. The van der Waals surface area contributed by atoms with Crippen molar-refractivity contribution < 1.29 is 0 Å². The number of halogens is 1. The third-order valence-corrected chi connectivity index (χ3v) is 5.14. The van der Waals surface area contributed by atoms with Gasteiger partial charge in [0, 0.05) is 25.3 Å². The second-order valence-corrected chi connectivity index (χ2v) is 6.86. The van der Waals surface area contributed by atoms with Crippen molar-refractivity contribution >= 4 is 33.3 Å². The Labute approximate surface area is 151 Å². The summed E-state index contributed by atoms with van der Waals surface area (Å²) in [5.41, 5.74) is 4.70. The van der Waals surface area contributed by atoms with Crippen LogP contribution in [0.2, 0.25) is 0 Å². The molecule has 6 heteroatoms. The number of aromatic nitrogens is 2. The van der Waals surface area contributed by atoms with Gasteiger partial charge in [-0.05, 0) is 60.9 Å². The lowest BCUT2D eigenvalue weighted by Gasteiger charge is -2.11. The van der Waals surface area contributed by atoms with Gasteiger partial charge in [-0.15, -0.1) is 0 Å². The maximum absolute atomic E-state index is 5.31. The number of nitrogens with one attached hydrogen (secondary N) is 2. The molecule has 2 rings (SSSR count). The monoisotopic (exact) mass is 394 g/mol. The minimum Gasteiger partial charge on any atom is -0.363 e. The zero-order valence-corrected chi connectivity index (χ0v) is 16.2. The highest BCUT2D eigenvalue weighted by Gasteiger charge is 2.07. The summed E-state index contributed by atoms with van der Waals surface area (Å²) in [5, 5.41) is 11.7. The van der Waals surface area contributed by atoms with Gasteiger partial charge in [0.1, 0.15) is 0 Å². The number of hydrogen-bond acceptors (Lipinski definition) is 2. The molecule has 1 heterocycles. The normalized spacial score (nSPS) is 10.6. The van der Waals surface area contributed by atoms with Crippen LogP contribution in [0.15, 0.2) is 28.7 Å². The predicted molar refractivity (Wildman–Crippen MR) is 103 cm³/mol. The van der Waals surface area contributed by atoms with Gasteiger partial charge in [0.2, 0.25) is 0 Å². The summed E-state index contributed by atoms with van der Waals surface area (Å²) in [4.78, 5) is 0. The first-order chi connectivity index (χ1) is 11.0. The van der Waals surface area contributed by atoms with Gasteiger partial charge in [-0.1, -0.05) is 29.8 Å². The molecule has 0 atom stereocenters. The second-order valence-electron chi connectivity index (χ2n) is 5.66. The third kappa shape index (κ3) is 5.32. The van der Waals surface area contributed by atoms with Crippen LogP contribution < -0.4 is 10.6 Å². The predicted octanol–water partition coefficient (Wildman–Crippen LogP) is 3.63. The van der Waals surface area contributed by atoms with Crippen LogP contribution >= 0.6 is 28.1 Å². The average molecular weight is 395 g/mol. The van der Waals surface area contributed by atoms with E-state index in [1.807, 2.05) is 11.6 Å². The van der Waals surface area contributed by atoms with Crippen LogP contribution in [0.5, 0.6) is 0 Å². The van der Waals surface area contributed by atoms with Gasteiger partial charge in [0.25, 0.3) is 0 Å². The van der Waals surface area contributed by atoms with Crippen molar-refractivity contribution in [2.45, 2.75) is 40.3 Å². The molecule has 0 spiro atoms. The molecule has 0 aliphatic heterocycles. The van der Waals surface area contributed by atoms with Gasteiger partial charge in [-0.25, -0.2) is 0 Å². The van der Waals surface area contributed by atoms with E-state index in [0.29, 0.717) is 5.11 Å². The highest BCUT2D eigenvalue weighted by atomic mass is 79.9. The van der Waals surface area contributed by atoms with E-state index in [2.05, 4.69) is 69.8 Å². The fourth-order valence-electron chi connectivity index (χ4n) is 2.27. The highest BCUT2D eigenvalue weighted by Crippen LogP contribution is 2.19. The lowest BCUT2D eigenvalue weighted by Crippen LogP contribution is -2.35. The summed E-state index contributed by atoms with van der Waals surface area (Å²) in [6.07, 6.45) is 0.973. The fraction of sp³-hybridized carbons (Fsp3) is 0.412. The number of hydrogen-bond donors (Lipinski definition) is 2. The molecule has 2 aromatic rings. The molecule has 124 valence electrons. The topological polar surface area (TPSA) is 41.9 Å². The molecule has 0 amide bonds. The van der Waals surface area contributed by atoms with Crippen LogP contribution in [-0.4, -0.2) is 21.4 Å². The number of thiocarbonyl (C=S) groups is 1. The Morgan fingerprint density at radius 3 is 2.48 bits per heavy atom. The van der Waals surface area contributed by atoms with Crippen molar-refractivity contribution in [3.05, 3.63) is 51.3 Å². The number of benzene rings is 1. The molecule has 0 fully saturated rings. The molecule has 0 aliphatic rings. The molecular weight excluding hydrogens is 372 g/mol. The van der Waals surface area contributed by atoms with Crippen molar-refractivity contribution in [1.82, 2.24) is 20.4 Å². The van der Waals surface area contributed by atoms with Crippen LogP contribution in [-0.2, 0) is 13.1 Å². The maximum Gasteiger partial charge on any atom is 0.166 e. The fourth-order valence-corrected chi connectivity index (χ4v) is 2.73. The summed E-state index contributed by atoms with van der Waals surface area (Å²) in [6.45, 7) is 8.63. The molecule has 2 N–H and O–H groups in total. The summed E-state index contributed by atoms with van der Waals surface area (Å²) < 4.78 is 3.13. The first-order valence-electron chi connectivity index (χ1n) is 7.74. The first kappa shape index (κ1) is 17.9. The molecule has 1 aromatic carbocycles. The van der Waals surface area contributed by atoms with Crippen molar-refractivity contribution in [3.8, 4) is 0 Å². The SMILES string of the molecule is Cc1ccc(CNC(=S)NCCCn2nc(C)c(Br)c2C)cc1. The molecule has 0 radical (unpaired) electrons. The Hall–Kier alpha value is -1.40. The van der Waals surface area contributed by atoms with E-state index in [9.17, 15) is 0 Å². The van der Waals surface area contributed by atoms with Crippen molar-refractivity contribution in [2.75, 3.05) is 6.54 Å². The van der Waals surface area contributed by atoms with E-state index < -0.39 is 0 Å². The van der Waals surface area contributed by atoms with Gasteiger partial charge in [-0.2, -0.15) is 5.10 Å². The molecule has 23 heavy (non-hydrogen) atoms. The van der Waals surface area contributed by atoms with E-state index in [4.69, 9.17) is 12.2 Å². The molecule has 0 saturated heterocycles. The Kier molecular flexibility index (Phi) is 6.59. The van der Waals surface area contributed by atoms with Crippen LogP contribution in [0.3, 0.4) is 0 Å². The lowest BCUT2D eigenvalue weighted by molar-refractivity contribution is 0.556. The molecule has 0 aliphatic carbocycles. The van der Waals surface area contributed by atoms with Gasteiger partial charge in [-0.3, -0.25) is 4.68 Å². The maximum atomic E-state index is 5.31. The lowest BCUT2D eigenvalue weighted by atomic mass is 10.1. The molecule has 0 saturated carbocycles. The molecule has 1 aromatic heterocycles. The van der Waals surface area contributed by atoms with Gasteiger partial charge in [0.05, 0.1) is 10.2 Å². The van der Waals surface area contributed by atoms with Crippen LogP contribution in [0.25, 0.3) is 0 Å². The third-order valence-electron chi connectivity index (χ3n) is 3.70. The Morgan fingerprint density at radius 1 is 1.17 bits per heavy atom. The molecule has 4 nitrogen and oxygen atoms in total. The van der Waals surface area contributed by atoms with Gasteiger partial charge < -0.3 is 10.6 Å². The number of rotatable bonds is 6. The largest absolute Gasteiger partial charge is 0.363 e. The number of nitrogens with zero attached hydrogens (tertiary/aromatic N) is 2. The average Bonchev–Trinajstić information content (AvgIpc) is 2.78. The summed E-state index contributed by atoms with van der Waals surface area (Å²) in [5.74, 6) is 0.